The van der Waals surface area contributed by atoms with Gasteiger partial charge < -0.3 is 11.1 Å². The molecule has 1 aromatic heterocycles. The van der Waals surface area contributed by atoms with E-state index >= 15 is 0 Å². The molecule has 84 valence electrons. The van der Waals surface area contributed by atoms with E-state index in [1.807, 2.05) is 6.92 Å². The molecule has 15 heavy (non-hydrogen) atoms. The number of carbonyl (C=O) groups is 1. The Bertz CT molecular complexity index is 376. The van der Waals surface area contributed by atoms with Crippen LogP contribution in [0.4, 0.5) is 5.69 Å². The van der Waals surface area contributed by atoms with E-state index in [2.05, 4.69) is 5.32 Å². The van der Waals surface area contributed by atoms with Crippen LogP contribution in [0, 0.1) is 0 Å². The van der Waals surface area contributed by atoms with Gasteiger partial charge in [-0.15, -0.1) is 11.3 Å². The molecule has 0 aromatic carbocycles. The van der Waals surface area contributed by atoms with Crippen molar-refractivity contribution in [2.45, 2.75) is 12.2 Å². The van der Waals surface area contributed by atoms with Gasteiger partial charge in [0.25, 0.3) is 5.91 Å². The monoisotopic (exact) mass is 246 g/mol. The second-order valence-corrected chi connectivity index (χ2v) is 5.94. The molecule has 0 radical (unpaired) electrons. The van der Waals surface area contributed by atoms with Crippen molar-refractivity contribution in [1.82, 2.24) is 5.32 Å². The van der Waals surface area contributed by atoms with Gasteiger partial charge >= 0.3 is 0 Å². The number of carbonyl (C=O) groups excluding carboxylic acids is 1. The van der Waals surface area contributed by atoms with Crippen LogP contribution in [-0.2, 0) is 10.8 Å². The van der Waals surface area contributed by atoms with Gasteiger partial charge in [-0.3, -0.25) is 9.00 Å². The molecular formula is C9H14N2O2S2. The maximum atomic E-state index is 11.6. The third-order valence-electron chi connectivity index (χ3n) is 2.02. The van der Waals surface area contributed by atoms with Gasteiger partial charge in [0.1, 0.15) is 4.88 Å². The van der Waals surface area contributed by atoms with Crippen molar-refractivity contribution < 1.29 is 9.00 Å². The molecule has 3 N–H and O–H groups in total. The number of hydrogen-bond acceptors (Lipinski definition) is 4. The molecular weight excluding hydrogens is 232 g/mol. The van der Waals surface area contributed by atoms with Gasteiger partial charge in [-0.25, -0.2) is 0 Å². The highest BCUT2D eigenvalue weighted by Crippen LogP contribution is 2.18. The number of amides is 1. The van der Waals surface area contributed by atoms with Gasteiger partial charge in [0.15, 0.2) is 0 Å². The molecule has 1 heterocycles. The predicted octanol–water partition coefficient (Wildman–Crippen LogP) is 0.827. The smallest absolute Gasteiger partial charge is 0.263 e. The Morgan fingerprint density at radius 3 is 2.87 bits per heavy atom. The van der Waals surface area contributed by atoms with Gasteiger partial charge in [0, 0.05) is 28.9 Å². The van der Waals surface area contributed by atoms with E-state index in [4.69, 9.17) is 5.73 Å². The van der Waals surface area contributed by atoms with Crippen LogP contribution in [0.5, 0.6) is 0 Å². The summed E-state index contributed by atoms with van der Waals surface area (Å²) in [6.45, 7) is 2.23. The predicted molar refractivity (Wildman–Crippen MR) is 64.6 cm³/mol. The summed E-state index contributed by atoms with van der Waals surface area (Å²) < 4.78 is 11.0. The van der Waals surface area contributed by atoms with Gasteiger partial charge in [-0.1, -0.05) is 0 Å². The summed E-state index contributed by atoms with van der Waals surface area (Å²) >= 11 is 1.30. The SMILES string of the molecule is CC(CNC(=O)c1sccc1N)S(C)=O. The summed E-state index contributed by atoms with van der Waals surface area (Å²) in [7, 11) is -0.921. The Labute approximate surface area is 95.3 Å². The minimum absolute atomic E-state index is 0.0462. The van der Waals surface area contributed by atoms with E-state index in [1.54, 1.807) is 17.7 Å². The fourth-order valence-electron chi connectivity index (χ4n) is 0.938. The molecule has 2 atom stereocenters. The molecule has 2 unspecified atom stereocenters. The lowest BCUT2D eigenvalue weighted by Crippen LogP contribution is -2.32. The Morgan fingerprint density at radius 2 is 2.40 bits per heavy atom. The van der Waals surface area contributed by atoms with Crippen LogP contribution in [-0.4, -0.2) is 28.2 Å². The first-order valence-electron chi connectivity index (χ1n) is 4.45. The Kier molecular flexibility index (Phi) is 4.28. The van der Waals surface area contributed by atoms with Crippen molar-refractivity contribution in [2.24, 2.45) is 0 Å². The standard InChI is InChI=1S/C9H14N2O2S2/c1-6(15(2)13)5-11-9(12)8-7(10)3-4-14-8/h3-4,6H,5,10H2,1-2H3,(H,11,12). The van der Waals surface area contributed by atoms with Crippen molar-refractivity contribution in [2.75, 3.05) is 18.5 Å². The average Bonchev–Trinajstić information content (AvgIpc) is 2.60. The van der Waals surface area contributed by atoms with Crippen LogP contribution in [0.1, 0.15) is 16.6 Å². The van der Waals surface area contributed by atoms with Gasteiger partial charge in [0.2, 0.25) is 0 Å². The van der Waals surface area contributed by atoms with E-state index in [9.17, 15) is 9.00 Å². The lowest BCUT2D eigenvalue weighted by molar-refractivity contribution is 0.0959. The van der Waals surface area contributed by atoms with E-state index in [0.717, 1.165) is 0 Å². The van der Waals surface area contributed by atoms with Crippen LogP contribution in [0.15, 0.2) is 11.4 Å². The second-order valence-electron chi connectivity index (χ2n) is 3.22. The average molecular weight is 246 g/mol. The largest absolute Gasteiger partial charge is 0.397 e. The number of hydrogen-bond donors (Lipinski definition) is 2. The molecule has 0 bridgehead atoms. The van der Waals surface area contributed by atoms with Gasteiger partial charge in [-0.05, 0) is 18.4 Å². The summed E-state index contributed by atoms with van der Waals surface area (Å²) in [5.74, 6) is -0.195. The summed E-state index contributed by atoms with van der Waals surface area (Å²) in [5.41, 5.74) is 6.09. The van der Waals surface area contributed by atoms with Gasteiger partial charge in [-0.2, -0.15) is 0 Å². The molecule has 0 saturated carbocycles. The van der Waals surface area contributed by atoms with Crippen LogP contribution in [0.3, 0.4) is 0 Å². The van der Waals surface area contributed by atoms with Crippen molar-refractivity contribution >= 4 is 33.7 Å². The Morgan fingerprint density at radius 1 is 1.73 bits per heavy atom. The van der Waals surface area contributed by atoms with E-state index in [0.29, 0.717) is 17.1 Å². The third kappa shape index (κ3) is 3.32. The number of anilines is 1. The summed E-state index contributed by atoms with van der Waals surface area (Å²) in [6, 6.07) is 1.70. The maximum Gasteiger partial charge on any atom is 0.263 e. The molecule has 0 aliphatic heterocycles. The van der Waals surface area contributed by atoms with E-state index < -0.39 is 10.8 Å². The lowest BCUT2D eigenvalue weighted by Gasteiger charge is -2.09. The first-order chi connectivity index (χ1) is 7.02. The molecule has 0 saturated heterocycles. The Hall–Kier alpha value is -0.880. The summed E-state index contributed by atoms with van der Waals surface area (Å²) in [6.07, 6.45) is 1.62. The first-order valence-corrected chi connectivity index (χ1v) is 6.96. The first kappa shape index (κ1) is 12.2. The van der Waals surface area contributed by atoms with Crippen LogP contribution in [0.25, 0.3) is 0 Å². The maximum absolute atomic E-state index is 11.6. The number of nitrogen functional groups attached to an aromatic ring is 1. The summed E-state index contributed by atoms with van der Waals surface area (Å²) in [4.78, 5) is 12.1. The molecule has 6 heteroatoms. The molecule has 0 fully saturated rings. The fourth-order valence-corrected chi connectivity index (χ4v) is 1.99. The number of nitrogens with two attached hydrogens (primary N) is 1. The van der Waals surface area contributed by atoms with Crippen molar-refractivity contribution in [3.05, 3.63) is 16.3 Å². The topological polar surface area (TPSA) is 72.2 Å². The molecule has 0 aliphatic carbocycles. The zero-order chi connectivity index (χ0) is 11.4. The minimum Gasteiger partial charge on any atom is -0.397 e. The summed E-state index contributed by atoms with van der Waals surface area (Å²) in [5, 5.41) is 4.43. The van der Waals surface area contributed by atoms with E-state index in [1.165, 1.54) is 11.3 Å². The van der Waals surface area contributed by atoms with Crippen LogP contribution in [0.2, 0.25) is 0 Å². The van der Waals surface area contributed by atoms with Crippen molar-refractivity contribution in [3.8, 4) is 0 Å². The minimum atomic E-state index is -0.921. The van der Waals surface area contributed by atoms with Gasteiger partial charge in [0.05, 0.1) is 5.69 Å². The molecule has 1 aromatic rings. The van der Waals surface area contributed by atoms with Crippen LogP contribution >= 0.6 is 11.3 Å². The molecule has 1 amide bonds. The quantitative estimate of drug-likeness (QED) is 0.826. The van der Waals surface area contributed by atoms with Crippen molar-refractivity contribution in [1.29, 1.82) is 0 Å². The normalized spacial score (nSPS) is 14.5. The zero-order valence-electron chi connectivity index (χ0n) is 8.65. The third-order valence-corrected chi connectivity index (χ3v) is 4.25. The molecule has 1 rings (SSSR count). The van der Waals surface area contributed by atoms with E-state index in [-0.39, 0.29) is 11.2 Å². The highest BCUT2D eigenvalue weighted by atomic mass is 32.2. The highest BCUT2D eigenvalue weighted by Gasteiger charge is 2.13. The fraction of sp³-hybridized carbons (Fsp3) is 0.444. The zero-order valence-corrected chi connectivity index (χ0v) is 10.3. The number of nitrogens with one attached hydrogen (secondary N) is 1. The Balaban J connectivity index is 2.51. The number of rotatable bonds is 4. The van der Waals surface area contributed by atoms with Crippen LogP contribution < -0.4 is 11.1 Å². The second kappa shape index (κ2) is 5.27. The molecule has 0 spiro atoms. The lowest BCUT2D eigenvalue weighted by atomic mass is 10.3. The number of thiophene rings is 1. The van der Waals surface area contributed by atoms with Crippen molar-refractivity contribution in [3.63, 3.8) is 0 Å². The highest BCUT2D eigenvalue weighted by molar-refractivity contribution is 7.84. The molecule has 0 aliphatic rings. The molecule has 4 nitrogen and oxygen atoms in total.